The molecule has 35 heavy (non-hydrogen) atoms. The van der Waals surface area contributed by atoms with Crippen LogP contribution in [0.5, 0.6) is 5.75 Å². The summed E-state index contributed by atoms with van der Waals surface area (Å²) in [5.74, 6) is -1.32. The van der Waals surface area contributed by atoms with Crippen molar-refractivity contribution in [1.82, 2.24) is 14.9 Å². The van der Waals surface area contributed by atoms with Crippen LogP contribution in [-0.4, -0.2) is 46.6 Å². The average Bonchev–Trinajstić information content (AvgIpc) is 2.83. The molecule has 0 spiro atoms. The van der Waals surface area contributed by atoms with E-state index in [1.54, 1.807) is 42.6 Å². The number of anilines is 1. The Morgan fingerprint density at radius 3 is 2.37 bits per heavy atom. The number of pyridine rings is 2. The van der Waals surface area contributed by atoms with Crippen LogP contribution in [0.3, 0.4) is 0 Å². The number of fused-ring (bicyclic) bond motifs is 1. The van der Waals surface area contributed by atoms with Crippen molar-refractivity contribution in [3.63, 3.8) is 0 Å². The summed E-state index contributed by atoms with van der Waals surface area (Å²) in [6.07, 6.45) is -3.17. The molecular formula is C25H19F3N4O3. The van der Waals surface area contributed by atoms with Crippen LogP contribution in [0.25, 0.3) is 22.3 Å². The molecule has 0 saturated heterocycles. The molecule has 2 heterocycles. The maximum atomic E-state index is 13.3. The number of para-hydroxylation sites is 1. The molecule has 4 aromatic rings. The Kier molecular flexibility index (Phi) is 6.63. The minimum atomic E-state index is -4.80. The second-order valence-corrected chi connectivity index (χ2v) is 7.57. The number of likely N-dealkylation sites (N-methyl/N-ethyl adjacent to an activating group) is 1. The Morgan fingerprint density at radius 1 is 0.971 bits per heavy atom. The van der Waals surface area contributed by atoms with Gasteiger partial charge in [-0.3, -0.25) is 14.6 Å². The number of hydrogen-bond acceptors (Lipinski definition) is 5. The van der Waals surface area contributed by atoms with E-state index in [2.05, 4.69) is 20.0 Å². The molecule has 10 heteroatoms. The Morgan fingerprint density at radius 2 is 1.69 bits per heavy atom. The number of nitrogens with zero attached hydrogens (tertiary/aromatic N) is 3. The molecule has 7 nitrogen and oxygen atoms in total. The van der Waals surface area contributed by atoms with E-state index in [1.165, 1.54) is 24.1 Å². The van der Waals surface area contributed by atoms with Crippen LogP contribution in [0, 0.1) is 0 Å². The maximum absolute atomic E-state index is 13.3. The summed E-state index contributed by atoms with van der Waals surface area (Å²) in [7, 11) is 1.48. The SMILES string of the molecule is CN(CC(=O)Nc1ccc(OC(F)(F)F)cc1)C(=O)c1cc(-c2ccccn2)nc2ccccc12. The summed E-state index contributed by atoms with van der Waals surface area (Å²) >= 11 is 0. The van der Waals surface area contributed by atoms with Gasteiger partial charge in [0, 0.05) is 24.3 Å². The molecule has 2 aromatic carbocycles. The second kappa shape index (κ2) is 9.80. The third kappa shape index (κ3) is 5.91. The van der Waals surface area contributed by atoms with E-state index >= 15 is 0 Å². The number of ether oxygens (including phenoxy) is 1. The zero-order valence-electron chi connectivity index (χ0n) is 18.4. The molecule has 2 amide bonds. The summed E-state index contributed by atoms with van der Waals surface area (Å²) in [4.78, 5) is 35.9. The predicted octanol–water partition coefficient (Wildman–Crippen LogP) is 4.91. The number of aromatic nitrogens is 2. The van der Waals surface area contributed by atoms with Crippen LogP contribution in [0.1, 0.15) is 10.4 Å². The first-order valence-electron chi connectivity index (χ1n) is 10.4. The van der Waals surface area contributed by atoms with Gasteiger partial charge in [-0.2, -0.15) is 0 Å². The first kappa shape index (κ1) is 23.7. The lowest BCUT2D eigenvalue weighted by Crippen LogP contribution is -2.35. The quantitative estimate of drug-likeness (QED) is 0.424. The van der Waals surface area contributed by atoms with Crippen LogP contribution in [-0.2, 0) is 4.79 Å². The van der Waals surface area contributed by atoms with Crippen LogP contribution in [0.2, 0.25) is 0 Å². The Balaban J connectivity index is 1.50. The number of carbonyl (C=O) groups is 2. The molecule has 4 rings (SSSR count). The molecule has 0 saturated carbocycles. The third-order valence-electron chi connectivity index (χ3n) is 4.97. The van der Waals surface area contributed by atoms with E-state index in [4.69, 9.17) is 0 Å². The monoisotopic (exact) mass is 480 g/mol. The lowest BCUT2D eigenvalue weighted by molar-refractivity contribution is -0.274. The highest BCUT2D eigenvalue weighted by Gasteiger charge is 2.31. The lowest BCUT2D eigenvalue weighted by Gasteiger charge is -2.18. The molecular weight excluding hydrogens is 461 g/mol. The fourth-order valence-corrected chi connectivity index (χ4v) is 3.43. The van der Waals surface area contributed by atoms with E-state index in [-0.39, 0.29) is 12.2 Å². The first-order chi connectivity index (χ1) is 16.7. The van der Waals surface area contributed by atoms with Crippen molar-refractivity contribution >= 4 is 28.4 Å². The molecule has 1 N–H and O–H groups in total. The highest BCUT2D eigenvalue weighted by molar-refractivity contribution is 6.08. The highest BCUT2D eigenvalue weighted by atomic mass is 19.4. The van der Waals surface area contributed by atoms with E-state index in [0.29, 0.717) is 27.9 Å². The molecule has 0 aliphatic rings. The number of carbonyl (C=O) groups excluding carboxylic acids is 2. The number of amides is 2. The highest BCUT2D eigenvalue weighted by Crippen LogP contribution is 2.25. The lowest BCUT2D eigenvalue weighted by atomic mass is 10.0. The summed E-state index contributed by atoms with van der Waals surface area (Å²) in [5.41, 5.74) is 2.35. The van der Waals surface area contributed by atoms with Crippen molar-refractivity contribution in [1.29, 1.82) is 0 Å². The predicted molar refractivity (Wildman–Crippen MR) is 124 cm³/mol. The molecule has 0 unspecified atom stereocenters. The van der Waals surface area contributed by atoms with Crippen LogP contribution in [0.4, 0.5) is 18.9 Å². The van der Waals surface area contributed by atoms with Gasteiger partial charge in [0.05, 0.1) is 29.0 Å². The summed E-state index contributed by atoms with van der Waals surface area (Å²) in [6.45, 7) is -0.283. The van der Waals surface area contributed by atoms with E-state index in [0.717, 1.165) is 12.1 Å². The zero-order valence-corrected chi connectivity index (χ0v) is 18.4. The van der Waals surface area contributed by atoms with Crippen molar-refractivity contribution < 1.29 is 27.5 Å². The molecule has 178 valence electrons. The van der Waals surface area contributed by atoms with Gasteiger partial charge in [0.1, 0.15) is 5.75 Å². The minimum Gasteiger partial charge on any atom is -0.406 e. The number of halogens is 3. The van der Waals surface area contributed by atoms with Crippen LogP contribution >= 0.6 is 0 Å². The van der Waals surface area contributed by atoms with Crippen molar-refractivity contribution in [2.45, 2.75) is 6.36 Å². The molecule has 0 bridgehead atoms. The van der Waals surface area contributed by atoms with E-state index in [1.807, 2.05) is 12.1 Å². The largest absolute Gasteiger partial charge is 0.573 e. The van der Waals surface area contributed by atoms with Gasteiger partial charge >= 0.3 is 6.36 Å². The van der Waals surface area contributed by atoms with Crippen LogP contribution < -0.4 is 10.1 Å². The van der Waals surface area contributed by atoms with Gasteiger partial charge in [0.2, 0.25) is 5.91 Å². The van der Waals surface area contributed by atoms with Gasteiger partial charge in [-0.1, -0.05) is 24.3 Å². The van der Waals surface area contributed by atoms with Crippen molar-refractivity contribution in [2.75, 3.05) is 18.9 Å². The average molecular weight is 480 g/mol. The normalized spacial score (nSPS) is 11.2. The number of alkyl halides is 3. The van der Waals surface area contributed by atoms with Gasteiger partial charge in [-0.05, 0) is 48.5 Å². The molecule has 0 radical (unpaired) electrons. The fraction of sp³-hybridized carbons (Fsp3) is 0.120. The zero-order chi connectivity index (χ0) is 25.0. The van der Waals surface area contributed by atoms with Gasteiger partial charge in [-0.25, -0.2) is 4.98 Å². The number of rotatable bonds is 6. The maximum Gasteiger partial charge on any atom is 0.573 e. The summed E-state index contributed by atoms with van der Waals surface area (Å²) in [5, 5.41) is 3.18. The number of nitrogens with one attached hydrogen (secondary N) is 1. The molecule has 0 aliphatic heterocycles. The third-order valence-corrected chi connectivity index (χ3v) is 4.97. The standard InChI is InChI=1S/C25H19F3N4O3/c1-32(15-23(33)30-16-9-11-17(12-10-16)35-25(26,27)28)24(34)19-14-22(21-8-4-5-13-29-21)31-20-7-3-2-6-18(19)20/h2-14H,15H2,1H3,(H,30,33). The summed E-state index contributed by atoms with van der Waals surface area (Å²) < 4.78 is 40.7. The smallest absolute Gasteiger partial charge is 0.406 e. The van der Waals surface area contributed by atoms with E-state index in [9.17, 15) is 22.8 Å². The van der Waals surface area contributed by atoms with Crippen LogP contribution in [0.15, 0.2) is 79.0 Å². The topological polar surface area (TPSA) is 84.4 Å². The summed E-state index contributed by atoms with van der Waals surface area (Å²) in [6, 6.07) is 18.9. The van der Waals surface area contributed by atoms with Gasteiger partial charge in [0.25, 0.3) is 5.91 Å². The Labute approximate surface area is 198 Å². The van der Waals surface area contributed by atoms with Gasteiger partial charge < -0.3 is 15.0 Å². The van der Waals surface area contributed by atoms with Crippen molar-refractivity contribution in [3.05, 3.63) is 84.6 Å². The fourth-order valence-electron chi connectivity index (χ4n) is 3.43. The molecule has 0 atom stereocenters. The first-order valence-corrected chi connectivity index (χ1v) is 10.4. The molecule has 0 fully saturated rings. The van der Waals surface area contributed by atoms with E-state index < -0.39 is 23.9 Å². The minimum absolute atomic E-state index is 0.261. The Hall–Kier alpha value is -4.47. The second-order valence-electron chi connectivity index (χ2n) is 7.57. The molecule has 0 aliphatic carbocycles. The Bertz CT molecular complexity index is 1360. The van der Waals surface area contributed by atoms with Crippen molar-refractivity contribution in [2.24, 2.45) is 0 Å². The molecule has 2 aromatic heterocycles. The van der Waals surface area contributed by atoms with Gasteiger partial charge in [-0.15, -0.1) is 13.2 Å². The van der Waals surface area contributed by atoms with Crippen molar-refractivity contribution in [3.8, 4) is 17.1 Å². The van der Waals surface area contributed by atoms with Gasteiger partial charge in [0.15, 0.2) is 0 Å². The number of hydrogen-bond donors (Lipinski definition) is 1. The number of benzene rings is 2.